The summed E-state index contributed by atoms with van der Waals surface area (Å²) in [6.45, 7) is 3.70. The fourth-order valence-electron chi connectivity index (χ4n) is 3.81. The summed E-state index contributed by atoms with van der Waals surface area (Å²) in [6.07, 6.45) is 2.09. The number of aryl methyl sites for hydroxylation is 1. The molecule has 0 aliphatic carbocycles. The van der Waals surface area contributed by atoms with Crippen LogP contribution in [-0.4, -0.2) is 82.1 Å². The molecule has 5 heteroatoms. The number of benzene rings is 2. The van der Waals surface area contributed by atoms with Gasteiger partial charge in [0.15, 0.2) is 0 Å². The van der Waals surface area contributed by atoms with Crippen molar-refractivity contribution < 1.29 is 18.4 Å². The van der Waals surface area contributed by atoms with E-state index >= 15 is 0 Å². The number of rotatable bonds is 10. The van der Waals surface area contributed by atoms with Crippen molar-refractivity contribution in [2.75, 3.05) is 68.6 Å². The van der Waals surface area contributed by atoms with Crippen molar-refractivity contribution in [3.8, 4) is 11.5 Å². The normalized spacial score (nSPS) is 12.6. The molecule has 0 N–H and O–H groups in total. The molecule has 164 valence electrons. The zero-order valence-electron chi connectivity index (χ0n) is 19.9. The van der Waals surface area contributed by atoms with E-state index in [0.717, 1.165) is 59.6 Å². The maximum atomic E-state index is 6.04. The van der Waals surface area contributed by atoms with E-state index in [1.807, 2.05) is 0 Å². The molecule has 1 aromatic heterocycles. The van der Waals surface area contributed by atoms with Gasteiger partial charge in [-0.25, -0.2) is 0 Å². The van der Waals surface area contributed by atoms with Crippen LogP contribution < -0.4 is 9.47 Å². The van der Waals surface area contributed by atoms with Gasteiger partial charge in [0.2, 0.25) is 0 Å². The number of fused-ring (bicyclic) bond motifs is 3. The zero-order valence-corrected chi connectivity index (χ0v) is 19.9. The Morgan fingerprint density at radius 3 is 1.77 bits per heavy atom. The van der Waals surface area contributed by atoms with Crippen molar-refractivity contribution in [3.63, 3.8) is 0 Å². The SMILES string of the molecule is Cn1c2ccc(OCCC[N+](C)(C)C)cc2c2ccc(OCCC[N+](C)(C)C)cc21. The summed E-state index contributed by atoms with van der Waals surface area (Å²) in [5, 5.41) is 2.47. The van der Waals surface area contributed by atoms with Crippen LogP contribution in [0, 0.1) is 0 Å². The number of hydrogen-bond donors (Lipinski definition) is 0. The summed E-state index contributed by atoms with van der Waals surface area (Å²) in [4.78, 5) is 0. The highest BCUT2D eigenvalue weighted by molar-refractivity contribution is 6.08. The Balaban J connectivity index is 1.72. The average Bonchev–Trinajstić information content (AvgIpc) is 2.93. The smallest absolute Gasteiger partial charge is 0.121 e. The van der Waals surface area contributed by atoms with Crippen molar-refractivity contribution in [3.05, 3.63) is 36.4 Å². The second kappa shape index (κ2) is 8.86. The Morgan fingerprint density at radius 1 is 0.667 bits per heavy atom. The summed E-state index contributed by atoms with van der Waals surface area (Å²) < 4.78 is 16.2. The van der Waals surface area contributed by atoms with Crippen molar-refractivity contribution in [1.82, 2.24) is 4.57 Å². The van der Waals surface area contributed by atoms with Crippen LogP contribution in [0.2, 0.25) is 0 Å². The van der Waals surface area contributed by atoms with Crippen molar-refractivity contribution in [2.45, 2.75) is 12.8 Å². The minimum Gasteiger partial charge on any atom is -0.493 e. The van der Waals surface area contributed by atoms with Crippen LogP contribution in [0.1, 0.15) is 12.8 Å². The number of aromatic nitrogens is 1. The quantitative estimate of drug-likeness (QED) is 0.366. The fraction of sp³-hybridized carbons (Fsp3) is 0.520. The van der Waals surface area contributed by atoms with Gasteiger partial charge in [-0.1, -0.05) is 0 Å². The van der Waals surface area contributed by atoms with Gasteiger partial charge in [0, 0.05) is 42.2 Å². The molecule has 0 saturated heterocycles. The molecule has 0 unspecified atom stereocenters. The molecule has 0 aliphatic heterocycles. The second-order valence-electron chi connectivity index (χ2n) is 10.3. The Bertz CT molecular complexity index is 993. The van der Waals surface area contributed by atoms with Crippen LogP contribution >= 0.6 is 0 Å². The predicted molar refractivity (Wildman–Crippen MR) is 126 cm³/mol. The van der Waals surface area contributed by atoms with Crippen LogP contribution in [0.25, 0.3) is 21.8 Å². The zero-order chi connectivity index (χ0) is 21.9. The van der Waals surface area contributed by atoms with E-state index in [0.29, 0.717) is 0 Å². The van der Waals surface area contributed by atoms with Crippen molar-refractivity contribution in [2.24, 2.45) is 7.05 Å². The highest BCUT2D eigenvalue weighted by Crippen LogP contribution is 2.33. The van der Waals surface area contributed by atoms with Crippen LogP contribution in [-0.2, 0) is 7.05 Å². The molecule has 30 heavy (non-hydrogen) atoms. The molecule has 0 saturated carbocycles. The van der Waals surface area contributed by atoms with E-state index < -0.39 is 0 Å². The van der Waals surface area contributed by atoms with Crippen LogP contribution in [0.3, 0.4) is 0 Å². The molecule has 3 rings (SSSR count). The van der Waals surface area contributed by atoms with Crippen LogP contribution in [0.15, 0.2) is 36.4 Å². The van der Waals surface area contributed by atoms with E-state index in [2.05, 4.69) is 90.3 Å². The summed E-state index contributed by atoms with van der Waals surface area (Å²) >= 11 is 0. The maximum Gasteiger partial charge on any atom is 0.121 e. The van der Waals surface area contributed by atoms with Gasteiger partial charge in [-0.2, -0.15) is 0 Å². The lowest BCUT2D eigenvalue weighted by Crippen LogP contribution is -2.36. The first-order valence-electron chi connectivity index (χ1n) is 10.9. The summed E-state index contributed by atoms with van der Waals surface area (Å²) in [6, 6.07) is 12.8. The maximum absolute atomic E-state index is 6.04. The summed E-state index contributed by atoms with van der Waals surface area (Å²) in [5.41, 5.74) is 2.40. The molecule has 0 atom stereocenters. The first-order chi connectivity index (χ1) is 14.0. The standard InChI is InChI=1S/C25H39N3O2/c1-26-24-13-11-20(29-16-8-14-27(2,3)4)18-23(24)22-12-10-21(19-25(22)26)30-17-9-15-28(5,6)7/h10-13,18-19H,8-9,14-17H2,1-7H3/q+2. The number of nitrogens with zero attached hydrogens (tertiary/aromatic N) is 3. The lowest BCUT2D eigenvalue weighted by molar-refractivity contribution is -0.870. The minimum atomic E-state index is 0.746. The molecule has 0 radical (unpaired) electrons. The van der Waals surface area contributed by atoms with Gasteiger partial charge in [-0.15, -0.1) is 0 Å². The van der Waals surface area contributed by atoms with Gasteiger partial charge < -0.3 is 23.0 Å². The van der Waals surface area contributed by atoms with Gasteiger partial charge in [-0.3, -0.25) is 0 Å². The van der Waals surface area contributed by atoms with E-state index in [-0.39, 0.29) is 0 Å². The minimum absolute atomic E-state index is 0.746. The van der Waals surface area contributed by atoms with Gasteiger partial charge in [0.25, 0.3) is 0 Å². The van der Waals surface area contributed by atoms with E-state index in [9.17, 15) is 0 Å². The molecule has 5 nitrogen and oxygen atoms in total. The fourth-order valence-corrected chi connectivity index (χ4v) is 3.81. The molecule has 0 bridgehead atoms. The van der Waals surface area contributed by atoms with Gasteiger partial charge >= 0.3 is 0 Å². The Kier molecular flexibility index (Phi) is 6.63. The molecular weight excluding hydrogens is 374 g/mol. The summed E-state index contributed by atoms with van der Waals surface area (Å²) in [7, 11) is 15.4. The highest BCUT2D eigenvalue weighted by atomic mass is 16.5. The Hall–Kier alpha value is -2.24. The highest BCUT2D eigenvalue weighted by Gasteiger charge is 2.12. The van der Waals surface area contributed by atoms with Crippen LogP contribution in [0.5, 0.6) is 11.5 Å². The van der Waals surface area contributed by atoms with E-state index in [1.54, 1.807) is 0 Å². The molecule has 1 heterocycles. The lowest BCUT2D eigenvalue weighted by Gasteiger charge is -2.23. The van der Waals surface area contributed by atoms with Crippen molar-refractivity contribution >= 4 is 21.8 Å². The third kappa shape index (κ3) is 5.89. The van der Waals surface area contributed by atoms with E-state index in [1.165, 1.54) is 21.8 Å². The molecule has 0 aliphatic rings. The second-order valence-corrected chi connectivity index (χ2v) is 10.3. The molecule has 3 aromatic rings. The molecule has 0 amide bonds. The first kappa shape index (κ1) is 22.4. The lowest BCUT2D eigenvalue weighted by atomic mass is 10.1. The van der Waals surface area contributed by atoms with Crippen molar-refractivity contribution in [1.29, 1.82) is 0 Å². The Morgan fingerprint density at radius 2 is 1.20 bits per heavy atom. The first-order valence-corrected chi connectivity index (χ1v) is 10.9. The monoisotopic (exact) mass is 413 g/mol. The summed E-state index contributed by atoms with van der Waals surface area (Å²) in [5.74, 6) is 1.88. The molecule has 0 fully saturated rings. The van der Waals surface area contributed by atoms with Gasteiger partial charge in [0.1, 0.15) is 11.5 Å². The van der Waals surface area contributed by atoms with Crippen LogP contribution in [0.4, 0.5) is 0 Å². The topological polar surface area (TPSA) is 23.4 Å². The molecule has 0 spiro atoms. The Labute approximate surface area is 181 Å². The molecule has 2 aromatic carbocycles. The van der Waals surface area contributed by atoms with Gasteiger partial charge in [0.05, 0.1) is 74.1 Å². The largest absolute Gasteiger partial charge is 0.493 e. The molecular formula is C25H39N3O2+2. The third-order valence-electron chi connectivity index (χ3n) is 5.43. The van der Waals surface area contributed by atoms with Gasteiger partial charge in [-0.05, 0) is 30.3 Å². The van der Waals surface area contributed by atoms with E-state index in [4.69, 9.17) is 9.47 Å². The number of quaternary nitrogens is 2. The predicted octanol–water partition coefficient (Wildman–Crippen LogP) is 4.28. The average molecular weight is 414 g/mol. The number of hydrogen-bond acceptors (Lipinski definition) is 2. The third-order valence-corrected chi connectivity index (χ3v) is 5.43. The number of ether oxygens (including phenoxy) is 2.